The molecule has 0 aromatic heterocycles. The van der Waals surface area contributed by atoms with Gasteiger partial charge in [-0.1, -0.05) is 60.6 Å². The van der Waals surface area contributed by atoms with Gasteiger partial charge >= 0.3 is 12.1 Å². The lowest BCUT2D eigenvalue weighted by Crippen LogP contribution is -2.33. The Morgan fingerprint density at radius 1 is 0.968 bits per heavy atom. The van der Waals surface area contributed by atoms with Crippen molar-refractivity contribution in [2.24, 2.45) is 10.8 Å². The fourth-order valence-corrected chi connectivity index (χ4v) is 2.83. The Morgan fingerprint density at radius 3 is 1.97 bits per heavy atom. The number of rotatable bonds is 7. The molecule has 0 spiro atoms. The van der Waals surface area contributed by atoms with Gasteiger partial charge in [-0.05, 0) is 18.1 Å². The summed E-state index contributed by atoms with van der Waals surface area (Å²) >= 11 is 0. The number of Topliss-reactive ketones (excluding diaryl/α,β-unsaturated/α-hetero) is 2. The van der Waals surface area contributed by atoms with Gasteiger partial charge in [0, 0.05) is 35.4 Å². The van der Waals surface area contributed by atoms with Crippen LogP contribution in [0.1, 0.15) is 93.7 Å². The van der Waals surface area contributed by atoms with Crippen molar-refractivity contribution in [3.05, 3.63) is 34.9 Å². The maximum Gasteiger partial charge on any atom is 0.417 e. The molecule has 0 aliphatic rings. The van der Waals surface area contributed by atoms with Crippen LogP contribution in [0.5, 0.6) is 0 Å². The van der Waals surface area contributed by atoms with Crippen molar-refractivity contribution in [3.63, 3.8) is 0 Å². The van der Waals surface area contributed by atoms with Crippen LogP contribution in [-0.2, 0) is 9.53 Å². The van der Waals surface area contributed by atoms with E-state index in [1.807, 2.05) is 0 Å². The lowest BCUT2D eigenvalue weighted by atomic mass is 9.79. The molecule has 0 saturated heterocycles. The van der Waals surface area contributed by atoms with E-state index in [0.717, 1.165) is 4.90 Å². The van der Waals surface area contributed by atoms with Crippen molar-refractivity contribution in [2.45, 2.75) is 67.4 Å². The molecule has 1 atom stereocenters. The van der Waals surface area contributed by atoms with Crippen LogP contribution in [-0.4, -0.2) is 47.2 Å². The highest BCUT2D eigenvalue weighted by Crippen LogP contribution is 2.30. The van der Waals surface area contributed by atoms with Gasteiger partial charge in [0.2, 0.25) is 0 Å². The number of hydrogen-bond acceptors (Lipinski definition) is 6. The SMILES string of the molecule is CCCC(=O)OC(=O)N(C)CC(O)c1ccc(C(=O)C(C)(C)C)c(C(=O)C(C)(C)C)c1. The first-order chi connectivity index (χ1) is 14.1. The predicted molar refractivity (Wildman–Crippen MR) is 118 cm³/mol. The number of benzene rings is 1. The predicted octanol–water partition coefficient (Wildman–Crippen LogP) is 4.57. The van der Waals surface area contributed by atoms with Gasteiger partial charge < -0.3 is 14.7 Å². The average molecular weight is 434 g/mol. The topological polar surface area (TPSA) is 101 Å². The number of ether oxygens (including phenoxy) is 1. The molecule has 7 heteroatoms. The van der Waals surface area contributed by atoms with Crippen LogP contribution in [0, 0.1) is 10.8 Å². The Morgan fingerprint density at radius 2 is 1.48 bits per heavy atom. The molecule has 0 heterocycles. The first-order valence-corrected chi connectivity index (χ1v) is 10.5. The van der Waals surface area contributed by atoms with E-state index in [0.29, 0.717) is 17.5 Å². The summed E-state index contributed by atoms with van der Waals surface area (Å²) in [6, 6.07) is 4.64. The van der Waals surface area contributed by atoms with E-state index in [1.54, 1.807) is 60.6 Å². The van der Waals surface area contributed by atoms with E-state index < -0.39 is 29.0 Å². The minimum Gasteiger partial charge on any atom is -0.387 e. The first-order valence-electron chi connectivity index (χ1n) is 10.5. The summed E-state index contributed by atoms with van der Waals surface area (Å²) in [5.74, 6) is -1.01. The van der Waals surface area contributed by atoms with Crippen molar-refractivity contribution >= 4 is 23.6 Å². The number of carbonyl (C=O) groups is 4. The summed E-state index contributed by atoms with van der Waals surface area (Å²) in [7, 11) is 1.41. The van der Waals surface area contributed by atoms with Crippen molar-refractivity contribution < 1.29 is 29.0 Å². The van der Waals surface area contributed by atoms with Crippen molar-refractivity contribution in [2.75, 3.05) is 13.6 Å². The minimum atomic E-state index is -1.14. The van der Waals surface area contributed by atoms with Crippen LogP contribution in [0.15, 0.2) is 18.2 Å². The number of ketones is 2. The van der Waals surface area contributed by atoms with Crippen LogP contribution >= 0.6 is 0 Å². The lowest BCUT2D eigenvalue weighted by molar-refractivity contribution is -0.138. The quantitative estimate of drug-likeness (QED) is 0.384. The number of aliphatic hydroxyl groups is 1. The van der Waals surface area contributed by atoms with Gasteiger partial charge in [-0.2, -0.15) is 0 Å². The van der Waals surface area contributed by atoms with Gasteiger partial charge in [-0.15, -0.1) is 0 Å². The molecule has 1 N–H and O–H groups in total. The van der Waals surface area contributed by atoms with Crippen LogP contribution in [0.2, 0.25) is 0 Å². The number of amides is 1. The molecule has 0 aliphatic heterocycles. The molecule has 0 bridgehead atoms. The maximum atomic E-state index is 13.1. The molecule has 0 radical (unpaired) electrons. The Kier molecular flexibility index (Phi) is 8.70. The molecule has 7 nitrogen and oxygen atoms in total. The fourth-order valence-electron chi connectivity index (χ4n) is 2.83. The summed E-state index contributed by atoms with van der Waals surface area (Å²) < 4.78 is 4.72. The first kappa shape index (κ1) is 26.5. The molecule has 31 heavy (non-hydrogen) atoms. The highest BCUT2D eigenvalue weighted by molar-refractivity contribution is 6.12. The number of nitrogens with zero attached hydrogens (tertiary/aromatic N) is 1. The standard InChI is InChI=1S/C24H35NO6/c1-9-10-19(27)31-22(30)25(8)14-18(26)15-11-12-16(20(28)23(2,3)4)17(13-15)21(29)24(5,6)7/h11-13,18,26H,9-10,14H2,1-8H3. The van der Waals surface area contributed by atoms with E-state index in [1.165, 1.54) is 13.1 Å². The molecular formula is C24H35NO6. The summed E-state index contributed by atoms with van der Waals surface area (Å²) in [6.45, 7) is 12.3. The van der Waals surface area contributed by atoms with Gasteiger partial charge in [0.1, 0.15) is 0 Å². The fraction of sp³-hybridized carbons (Fsp3) is 0.583. The molecule has 0 fully saturated rings. The third kappa shape index (κ3) is 7.28. The molecular weight excluding hydrogens is 398 g/mol. The van der Waals surface area contributed by atoms with Crippen LogP contribution in [0.25, 0.3) is 0 Å². The van der Waals surface area contributed by atoms with Gasteiger partial charge in [0.15, 0.2) is 11.6 Å². The van der Waals surface area contributed by atoms with Gasteiger partial charge in [0.25, 0.3) is 0 Å². The molecule has 0 aliphatic carbocycles. The molecule has 1 aromatic carbocycles. The lowest BCUT2D eigenvalue weighted by Gasteiger charge is -2.24. The van der Waals surface area contributed by atoms with Crippen molar-refractivity contribution in [1.29, 1.82) is 0 Å². The van der Waals surface area contributed by atoms with E-state index in [2.05, 4.69) is 0 Å². The second-order valence-electron chi connectivity index (χ2n) is 9.85. The van der Waals surface area contributed by atoms with Crippen LogP contribution < -0.4 is 0 Å². The highest BCUT2D eigenvalue weighted by Gasteiger charge is 2.32. The summed E-state index contributed by atoms with van der Waals surface area (Å²) in [5, 5.41) is 10.6. The number of esters is 1. The normalized spacial score (nSPS) is 12.8. The third-order valence-corrected chi connectivity index (χ3v) is 4.69. The monoisotopic (exact) mass is 433 g/mol. The number of likely N-dealkylation sites (N-methyl/N-ethyl adjacent to an activating group) is 1. The molecule has 0 saturated carbocycles. The molecule has 1 aromatic rings. The van der Waals surface area contributed by atoms with Gasteiger partial charge in [-0.25, -0.2) is 4.79 Å². The zero-order valence-electron chi connectivity index (χ0n) is 19.9. The van der Waals surface area contributed by atoms with Crippen molar-refractivity contribution in [3.8, 4) is 0 Å². The number of carbonyl (C=O) groups excluding carboxylic acids is 4. The summed E-state index contributed by atoms with van der Waals surface area (Å²) in [5.41, 5.74) is -0.468. The Balaban J connectivity index is 3.20. The maximum absolute atomic E-state index is 13.1. The van der Waals surface area contributed by atoms with Gasteiger partial charge in [0.05, 0.1) is 12.6 Å². The Bertz CT molecular complexity index is 845. The minimum absolute atomic E-state index is 0.129. The molecule has 1 amide bonds. The van der Waals surface area contributed by atoms with E-state index in [-0.39, 0.29) is 30.1 Å². The van der Waals surface area contributed by atoms with E-state index in [9.17, 15) is 24.3 Å². The molecule has 1 rings (SSSR count). The third-order valence-electron chi connectivity index (χ3n) is 4.69. The van der Waals surface area contributed by atoms with Crippen molar-refractivity contribution in [1.82, 2.24) is 4.90 Å². The summed E-state index contributed by atoms with van der Waals surface area (Å²) in [4.78, 5) is 50.6. The molecule has 1 unspecified atom stereocenters. The number of aliphatic hydroxyl groups excluding tert-OH is 1. The van der Waals surface area contributed by atoms with Gasteiger partial charge in [-0.3, -0.25) is 14.4 Å². The second kappa shape index (κ2) is 10.2. The average Bonchev–Trinajstić information content (AvgIpc) is 2.64. The van der Waals surface area contributed by atoms with Crippen LogP contribution in [0.4, 0.5) is 4.79 Å². The van der Waals surface area contributed by atoms with Crippen LogP contribution in [0.3, 0.4) is 0 Å². The van der Waals surface area contributed by atoms with E-state index >= 15 is 0 Å². The Hall–Kier alpha value is -2.54. The largest absolute Gasteiger partial charge is 0.417 e. The Labute approximate surface area is 184 Å². The smallest absolute Gasteiger partial charge is 0.387 e. The highest BCUT2D eigenvalue weighted by atomic mass is 16.6. The zero-order valence-corrected chi connectivity index (χ0v) is 19.9. The number of hydrogen-bond donors (Lipinski definition) is 1. The molecule has 172 valence electrons. The summed E-state index contributed by atoms with van der Waals surface area (Å²) in [6.07, 6.45) is -1.31. The second-order valence-corrected chi connectivity index (χ2v) is 9.85. The zero-order chi connectivity index (χ0) is 24.1. The van der Waals surface area contributed by atoms with E-state index in [4.69, 9.17) is 4.74 Å².